The lowest BCUT2D eigenvalue weighted by Crippen LogP contribution is -2.51. The summed E-state index contributed by atoms with van der Waals surface area (Å²) >= 11 is 0. The number of amides is 1. The molecule has 1 aliphatic rings. The van der Waals surface area contributed by atoms with Crippen molar-refractivity contribution in [2.75, 3.05) is 19.7 Å². The number of carbonyl (C=O) groups excluding carboxylic acids is 1. The fraction of sp³-hybridized carbons (Fsp3) is 0.545. The molecule has 1 aliphatic heterocycles. The second-order valence-corrected chi connectivity index (χ2v) is 4.45. The Morgan fingerprint density at radius 1 is 1.53 bits per heavy atom. The van der Waals surface area contributed by atoms with E-state index in [9.17, 15) is 14.4 Å². The quantitative estimate of drug-likeness (QED) is 0.591. The third-order valence-corrected chi connectivity index (χ3v) is 2.87. The molecule has 0 radical (unpaired) electrons. The average Bonchev–Trinajstić information content (AvgIpc) is 2.37. The summed E-state index contributed by atoms with van der Waals surface area (Å²) in [5.74, 6) is -0.494. The van der Waals surface area contributed by atoms with E-state index in [0.717, 1.165) is 6.20 Å². The Bertz CT molecular complexity index is 578. The molecule has 0 spiro atoms. The number of nitrogens with one attached hydrogen (secondary N) is 2. The summed E-state index contributed by atoms with van der Waals surface area (Å²) in [5.41, 5.74) is -1.52. The predicted molar refractivity (Wildman–Crippen MR) is 65.0 cm³/mol. The van der Waals surface area contributed by atoms with Crippen molar-refractivity contribution in [3.63, 3.8) is 0 Å². The van der Waals surface area contributed by atoms with Gasteiger partial charge < -0.3 is 19.7 Å². The van der Waals surface area contributed by atoms with Crippen LogP contribution in [0.15, 0.2) is 15.8 Å². The van der Waals surface area contributed by atoms with E-state index in [1.54, 1.807) is 6.92 Å². The predicted octanol–water partition coefficient (Wildman–Crippen LogP) is -1.71. The molecule has 1 fully saturated rings. The van der Waals surface area contributed by atoms with Crippen LogP contribution in [0.3, 0.4) is 0 Å². The lowest BCUT2D eigenvalue weighted by molar-refractivity contribution is -0.0859. The van der Waals surface area contributed by atoms with Gasteiger partial charge in [0.25, 0.3) is 11.5 Å². The summed E-state index contributed by atoms with van der Waals surface area (Å²) < 4.78 is 5.41. The van der Waals surface area contributed by atoms with Gasteiger partial charge in [0, 0.05) is 19.3 Å². The molecule has 1 saturated heterocycles. The van der Waals surface area contributed by atoms with Gasteiger partial charge in [-0.1, -0.05) is 0 Å². The maximum atomic E-state index is 12.2. The Morgan fingerprint density at radius 3 is 2.89 bits per heavy atom. The van der Waals surface area contributed by atoms with Crippen LogP contribution in [0.2, 0.25) is 0 Å². The van der Waals surface area contributed by atoms with Crippen molar-refractivity contribution >= 4 is 5.91 Å². The minimum atomic E-state index is -0.728. The Balaban J connectivity index is 2.23. The van der Waals surface area contributed by atoms with E-state index in [4.69, 9.17) is 9.84 Å². The van der Waals surface area contributed by atoms with Crippen LogP contribution in [0.5, 0.6) is 0 Å². The molecule has 1 aromatic rings. The zero-order chi connectivity index (χ0) is 14.0. The molecule has 3 N–H and O–H groups in total. The number of ether oxygens (including phenoxy) is 1. The summed E-state index contributed by atoms with van der Waals surface area (Å²) in [6.45, 7) is 2.11. The zero-order valence-electron chi connectivity index (χ0n) is 10.4. The highest BCUT2D eigenvalue weighted by molar-refractivity contribution is 5.93. The van der Waals surface area contributed by atoms with Crippen molar-refractivity contribution in [3.8, 4) is 0 Å². The molecular formula is C11H15N3O5. The zero-order valence-corrected chi connectivity index (χ0v) is 10.4. The molecule has 0 bridgehead atoms. The SMILES string of the molecule is CC1CN(C(=O)c2c[nH]c(=O)[nH]c2=O)CC(CO)O1. The van der Waals surface area contributed by atoms with Gasteiger partial charge in [-0.3, -0.25) is 14.6 Å². The van der Waals surface area contributed by atoms with Gasteiger partial charge in [-0.05, 0) is 6.92 Å². The molecular weight excluding hydrogens is 254 g/mol. The van der Waals surface area contributed by atoms with E-state index in [0.29, 0.717) is 6.54 Å². The number of aromatic nitrogens is 2. The van der Waals surface area contributed by atoms with E-state index in [2.05, 4.69) is 4.98 Å². The van der Waals surface area contributed by atoms with Gasteiger partial charge in [-0.25, -0.2) is 4.79 Å². The molecule has 0 aliphatic carbocycles. The van der Waals surface area contributed by atoms with Gasteiger partial charge >= 0.3 is 5.69 Å². The molecule has 2 atom stereocenters. The van der Waals surface area contributed by atoms with Crippen LogP contribution in [-0.4, -0.2) is 57.8 Å². The molecule has 2 heterocycles. The van der Waals surface area contributed by atoms with Crippen molar-refractivity contribution in [1.29, 1.82) is 0 Å². The highest BCUT2D eigenvalue weighted by Crippen LogP contribution is 2.12. The minimum Gasteiger partial charge on any atom is -0.394 e. The smallest absolute Gasteiger partial charge is 0.325 e. The molecule has 1 amide bonds. The number of aliphatic hydroxyl groups excluding tert-OH is 1. The summed E-state index contributed by atoms with van der Waals surface area (Å²) in [6.07, 6.45) is 0.406. The fourth-order valence-electron chi connectivity index (χ4n) is 2.05. The molecule has 0 saturated carbocycles. The van der Waals surface area contributed by atoms with Crippen LogP contribution in [0.25, 0.3) is 0 Å². The lowest BCUT2D eigenvalue weighted by atomic mass is 10.2. The maximum Gasteiger partial charge on any atom is 0.325 e. The summed E-state index contributed by atoms with van der Waals surface area (Å²) in [6, 6.07) is 0. The van der Waals surface area contributed by atoms with E-state index in [1.807, 2.05) is 4.98 Å². The molecule has 8 heteroatoms. The van der Waals surface area contributed by atoms with Crippen LogP contribution in [0.4, 0.5) is 0 Å². The number of morpholine rings is 1. The third kappa shape index (κ3) is 2.91. The molecule has 8 nitrogen and oxygen atoms in total. The highest BCUT2D eigenvalue weighted by atomic mass is 16.5. The van der Waals surface area contributed by atoms with Crippen LogP contribution in [0.1, 0.15) is 17.3 Å². The van der Waals surface area contributed by atoms with E-state index in [-0.39, 0.29) is 24.8 Å². The van der Waals surface area contributed by atoms with E-state index >= 15 is 0 Å². The molecule has 0 aromatic carbocycles. The molecule has 19 heavy (non-hydrogen) atoms. The number of aromatic amines is 2. The van der Waals surface area contributed by atoms with Crippen LogP contribution in [0, 0.1) is 0 Å². The van der Waals surface area contributed by atoms with Crippen molar-refractivity contribution in [2.45, 2.75) is 19.1 Å². The number of rotatable bonds is 2. The first kappa shape index (κ1) is 13.5. The minimum absolute atomic E-state index is 0.134. The largest absolute Gasteiger partial charge is 0.394 e. The number of hydrogen-bond donors (Lipinski definition) is 3. The number of nitrogens with zero attached hydrogens (tertiary/aromatic N) is 1. The van der Waals surface area contributed by atoms with E-state index < -0.39 is 23.3 Å². The standard InChI is InChI=1S/C11H15N3O5/c1-6-3-14(4-7(5-15)19-6)10(17)8-2-12-11(18)13-9(8)16/h2,6-7,15H,3-5H2,1H3,(H2,12,13,16,18). The molecule has 1 aromatic heterocycles. The van der Waals surface area contributed by atoms with Gasteiger partial charge in [0.1, 0.15) is 5.56 Å². The number of carbonyl (C=O) groups is 1. The Kier molecular flexibility index (Phi) is 3.82. The van der Waals surface area contributed by atoms with Crippen molar-refractivity contribution in [1.82, 2.24) is 14.9 Å². The molecule has 2 rings (SSSR count). The van der Waals surface area contributed by atoms with Crippen molar-refractivity contribution < 1.29 is 14.6 Å². The summed E-state index contributed by atoms with van der Waals surface area (Å²) in [4.78, 5) is 40.3. The van der Waals surface area contributed by atoms with Gasteiger partial charge in [-0.15, -0.1) is 0 Å². The van der Waals surface area contributed by atoms with Gasteiger partial charge in [0.2, 0.25) is 0 Å². The first-order valence-electron chi connectivity index (χ1n) is 5.89. The van der Waals surface area contributed by atoms with E-state index in [1.165, 1.54) is 4.90 Å². The monoisotopic (exact) mass is 269 g/mol. The Morgan fingerprint density at radius 2 is 2.26 bits per heavy atom. The Labute approximate surface area is 108 Å². The van der Waals surface area contributed by atoms with Crippen molar-refractivity contribution in [2.24, 2.45) is 0 Å². The molecule has 2 unspecified atom stereocenters. The second-order valence-electron chi connectivity index (χ2n) is 4.45. The summed E-state index contributed by atoms with van der Waals surface area (Å²) in [7, 11) is 0. The fourth-order valence-corrected chi connectivity index (χ4v) is 2.05. The van der Waals surface area contributed by atoms with Gasteiger partial charge in [0.05, 0.1) is 18.8 Å². The lowest BCUT2D eigenvalue weighted by Gasteiger charge is -2.35. The molecule has 104 valence electrons. The normalized spacial score (nSPS) is 23.4. The number of H-pyrrole nitrogens is 2. The van der Waals surface area contributed by atoms with Gasteiger partial charge in [0.15, 0.2) is 0 Å². The maximum absolute atomic E-state index is 12.2. The summed E-state index contributed by atoms with van der Waals surface area (Å²) in [5, 5.41) is 9.09. The van der Waals surface area contributed by atoms with Gasteiger partial charge in [-0.2, -0.15) is 0 Å². The topological polar surface area (TPSA) is 115 Å². The first-order valence-corrected chi connectivity index (χ1v) is 5.89. The van der Waals surface area contributed by atoms with Crippen LogP contribution < -0.4 is 11.2 Å². The van der Waals surface area contributed by atoms with Crippen molar-refractivity contribution in [3.05, 3.63) is 32.6 Å². The van der Waals surface area contributed by atoms with Crippen LogP contribution in [-0.2, 0) is 4.74 Å². The third-order valence-electron chi connectivity index (χ3n) is 2.87. The number of aliphatic hydroxyl groups is 1. The average molecular weight is 269 g/mol. The highest BCUT2D eigenvalue weighted by Gasteiger charge is 2.29. The Hall–Kier alpha value is -1.93. The van der Waals surface area contributed by atoms with Crippen LogP contribution >= 0.6 is 0 Å². The first-order chi connectivity index (χ1) is 9.01. The second kappa shape index (κ2) is 5.37. The number of hydrogen-bond acceptors (Lipinski definition) is 5.